The third-order valence-corrected chi connectivity index (χ3v) is 5.02. The molecule has 0 saturated carbocycles. The fourth-order valence-electron chi connectivity index (χ4n) is 2.64. The number of carbonyl (C=O) groups excluding carboxylic acids is 2. The normalized spacial score (nSPS) is 14.4. The molecule has 1 fully saturated rings. The zero-order chi connectivity index (χ0) is 18.8. The van der Waals surface area contributed by atoms with Crippen molar-refractivity contribution in [2.75, 3.05) is 26.2 Å². The lowest BCUT2D eigenvalue weighted by molar-refractivity contribution is -0.380. The Kier molecular flexibility index (Phi) is 4.94. The molecule has 0 bridgehead atoms. The van der Waals surface area contributed by atoms with Gasteiger partial charge in [-0.25, -0.2) is 8.78 Å². The molecular weight excluding hydrogens is 368 g/mol. The molecule has 1 aromatic heterocycles. The second-order valence-electron chi connectivity index (χ2n) is 5.60. The molecule has 2 heterocycles. The van der Waals surface area contributed by atoms with Crippen molar-refractivity contribution in [1.29, 1.82) is 0 Å². The minimum Gasteiger partial charge on any atom is -0.335 e. The molecule has 2 amide bonds. The molecule has 3 rings (SSSR count). The van der Waals surface area contributed by atoms with E-state index in [0.29, 0.717) is 0 Å². The molecule has 0 unspecified atom stereocenters. The van der Waals surface area contributed by atoms with Crippen LogP contribution in [0.15, 0.2) is 30.3 Å². The average molecular weight is 381 g/mol. The summed E-state index contributed by atoms with van der Waals surface area (Å²) in [6.45, 7) is 0.725. The van der Waals surface area contributed by atoms with Gasteiger partial charge in [0.15, 0.2) is 0 Å². The van der Waals surface area contributed by atoms with E-state index in [0.717, 1.165) is 29.5 Å². The van der Waals surface area contributed by atoms with Crippen LogP contribution >= 0.6 is 11.3 Å². The molecule has 1 aliphatic heterocycles. The number of hydrogen-bond acceptors (Lipinski definition) is 5. The molecule has 0 N–H and O–H groups in total. The number of rotatable bonds is 3. The third kappa shape index (κ3) is 3.54. The monoisotopic (exact) mass is 381 g/mol. The summed E-state index contributed by atoms with van der Waals surface area (Å²) in [5.74, 6) is -2.50. The maximum atomic E-state index is 13.7. The van der Waals surface area contributed by atoms with Gasteiger partial charge in [-0.05, 0) is 24.3 Å². The van der Waals surface area contributed by atoms with E-state index in [1.165, 1.54) is 21.9 Å². The van der Waals surface area contributed by atoms with Gasteiger partial charge in [0.2, 0.25) is 0 Å². The van der Waals surface area contributed by atoms with Gasteiger partial charge in [0, 0.05) is 32.2 Å². The van der Waals surface area contributed by atoms with Crippen LogP contribution in [0.3, 0.4) is 0 Å². The Hall–Kier alpha value is -2.88. The van der Waals surface area contributed by atoms with E-state index in [1.807, 2.05) is 0 Å². The molecule has 0 spiro atoms. The van der Waals surface area contributed by atoms with Crippen LogP contribution in [-0.2, 0) is 0 Å². The molecule has 1 saturated heterocycles. The van der Waals surface area contributed by atoms with Gasteiger partial charge in [-0.15, -0.1) is 0 Å². The molecule has 10 heteroatoms. The molecule has 0 atom stereocenters. The van der Waals surface area contributed by atoms with Crippen LogP contribution < -0.4 is 0 Å². The lowest BCUT2D eigenvalue weighted by Crippen LogP contribution is -2.50. The fraction of sp³-hybridized carbons (Fsp3) is 0.250. The second kappa shape index (κ2) is 7.16. The quantitative estimate of drug-likeness (QED) is 0.604. The van der Waals surface area contributed by atoms with Gasteiger partial charge in [-0.3, -0.25) is 19.7 Å². The van der Waals surface area contributed by atoms with E-state index in [4.69, 9.17) is 0 Å². The summed E-state index contributed by atoms with van der Waals surface area (Å²) in [6.07, 6.45) is 0. The molecule has 0 radical (unpaired) electrons. The van der Waals surface area contributed by atoms with Crippen molar-refractivity contribution in [2.24, 2.45) is 0 Å². The Bertz CT molecular complexity index is 878. The molecule has 1 aromatic carbocycles. The summed E-state index contributed by atoms with van der Waals surface area (Å²) in [4.78, 5) is 37.9. The zero-order valence-corrected chi connectivity index (χ0v) is 14.2. The number of nitrogens with zero attached hydrogens (tertiary/aromatic N) is 3. The standard InChI is InChI=1S/C16H13F2N3O4S/c17-10-1-2-12(18)11(9-10)15(22)19-5-7-20(8-6-19)16(23)13-3-4-14(26-13)21(24)25/h1-4,9H,5-8H2. The van der Waals surface area contributed by atoms with E-state index < -0.39 is 22.5 Å². The van der Waals surface area contributed by atoms with Gasteiger partial charge in [-0.2, -0.15) is 0 Å². The second-order valence-corrected chi connectivity index (χ2v) is 6.67. The number of hydrogen-bond donors (Lipinski definition) is 0. The van der Waals surface area contributed by atoms with Gasteiger partial charge in [0.1, 0.15) is 11.6 Å². The van der Waals surface area contributed by atoms with Gasteiger partial charge in [0.05, 0.1) is 15.4 Å². The van der Waals surface area contributed by atoms with Crippen LogP contribution in [0, 0.1) is 21.7 Å². The first-order valence-electron chi connectivity index (χ1n) is 7.64. The van der Waals surface area contributed by atoms with E-state index in [9.17, 15) is 28.5 Å². The Balaban J connectivity index is 1.65. The number of benzene rings is 1. The number of carbonyl (C=O) groups is 2. The number of halogens is 2. The van der Waals surface area contributed by atoms with Crippen LogP contribution in [0.4, 0.5) is 13.8 Å². The van der Waals surface area contributed by atoms with Crippen LogP contribution in [-0.4, -0.2) is 52.7 Å². The van der Waals surface area contributed by atoms with Crippen molar-refractivity contribution in [2.45, 2.75) is 0 Å². The van der Waals surface area contributed by atoms with E-state index in [2.05, 4.69) is 0 Å². The number of nitro groups is 1. The minimum absolute atomic E-state index is 0.122. The highest BCUT2D eigenvalue weighted by molar-refractivity contribution is 7.17. The largest absolute Gasteiger partial charge is 0.335 e. The van der Waals surface area contributed by atoms with Crippen molar-refractivity contribution in [3.8, 4) is 0 Å². The van der Waals surface area contributed by atoms with Crippen molar-refractivity contribution >= 4 is 28.2 Å². The highest BCUT2D eigenvalue weighted by Crippen LogP contribution is 2.25. The predicted molar refractivity (Wildman–Crippen MR) is 89.1 cm³/mol. The molecule has 2 aromatic rings. The summed E-state index contributed by atoms with van der Waals surface area (Å²) in [5, 5.41) is 10.6. The molecule has 26 heavy (non-hydrogen) atoms. The zero-order valence-electron chi connectivity index (χ0n) is 13.4. The lowest BCUT2D eigenvalue weighted by atomic mass is 10.1. The molecule has 136 valence electrons. The maximum absolute atomic E-state index is 13.7. The van der Waals surface area contributed by atoms with Crippen molar-refractivity contribution in [3.63, 3.8) is 0 Å². The number of piperazine rings is 1. The van der Waals surface area contributed by atoms with Crippen LogP contribution in [0.1, 0.15) is 20.0 Å². The highest BCUT2D eigenvalue weighted by Gasteiger charge is 2.28. The SMILES string of the molecule is O=C(c1ccc([N+](=O)[O-])s1)N1CCN(C(=O)c2cc(F)ccc2F)CC1. The minimum atomic E-state index is -0.805. The fourth-order valence-corrected chi connectivity index (χ4v) is 3.43. The van der Waals surface area contributed by atoms with Crippen molar-refractivity contribution in [1.82, 2.24) is 9.80 Å². The summed E-state index contributed by atoms with van der Waals surface area (Å²) in [7, 11) is 0. The molecule has 1 aliphatic rings. The first-order valence-corrected chi connectivity index (χ1v) is 8.46. The molecule has 7 nitrogen and oxygen atoms in total. The van der Waals surface area contributed by atoms with Crippen molar-refractivity contribution in [3.05, 3.63) is 62.5 Å². The predicted octanol–water partition coefficient (Wildman–Crippen LogP) is 2.53. The summed E-state index contributed by atoms with van der Waals surface area (Å²) < 4.78 is 27.0. The van der Waals surface area contributed by atoms with E-state index >= 15 is 0 Å². The van der Waals surface area contributed by atoms with Gasteiger partial charge in [0.25, 0.3) is 11.8 Å². The van der Waals surface area contributed by atoms with Gasteiger partial charge < -0.3 is 9.80 Å². The summed E-state index contributed by atoms with van der Waals surface area (Å²) in [5.41, 5.74) is -0.348. The topological polar surface area (TPSA) is 83.8 Å². The highest BCUT2D eigenvalue weighted by atomic mass is 32.1. The van der Waals surface area contributed by atoms with Crippen LogP contribution in [0.5, 0.6) is 0 Å². The maximum Gasteiger partial charge on any atom is 0.324 e. The Labute approximate surface area is 150 Å². The van der Waals surface area contributed by atoms with Crippen molar-refractivity contribution < 1.29 is 23.3 Å². The average Bonchev–Trinajstić information content (AvgIpc) is 3.13. The van der Waals surface area contributed by atoms with Crippen LogP contribution in [0.25, 0.3) is 0 Å². The summed E-state index contributed by atoms with van der Waals surface area (Å²) in [6, 6.07) is 5.34. The first-order chi connectivity index (χ1) is 12.4. The van der Waals surface area contributed by atoms with E-state index in [-0.39, 0.29) is 47.5 Å². The Morgan fingerprint density at radius 3 is 2.19 bits per heavy atom. The molecular formula is C16H13F2N3O4S. The van der Waals surface area contributed by atoms with Crippen LogP contribution in [0.2, 0.25) is 0 Å². The van der Waals surface area contributed by atoms with E-state index in [1.54, 1.807) is 0 Å². The lowest BCUT2D eigenvalue weighted by Gasteiger charge is -2.34. The number of thiophene rings is 1. The summed E-state index contributed by atoms with van der Waals surface area (Å²) >= 11 is 0.788. The number of amides is 2. The first kappa shape index (κ1) is 17.9. The van der Waals surface area contributed by atoms with Gasteiger partial charge >= 0.3 is 5.00 Å². The Morgan fingerprint density at radius 1 is 1.00 bits per heavy atom. The third-order valence-electron chi connectivity index (χ3n) is 4.00. The Morgan fingerprint density at radius 2 is 1.62 bits per heavy atom. The smallest absolute Gasteiger partial charge is 0.324 e. The van der Waals surface area contributed by atoms with Gasteiger partial charge in [-0.1, -0.05) is 11.3 Å². The molecule has 0 aliphatic carbocycles.